The highest BCUT2D eigenvalue weighted by Gasteiger charge is 2.19. The number of aliphatic carboxylic acids is 1. The van der Waals surface area contributed by atoms with Crippen molar-refractivity contribution in [1.29, 1.82) is 0 Å². The molecule has 0 saturated carbocycles. The largest absolute Gasteiger partial charge is 0.491 e. The summed E-state index contributed by atoms with van der Waals surface area (Å²) in [4.78, 5) is 11.3. The summed E-state index contributed by atoms with van der Waals surface area (Å²) < 4.78 is 5.57. The minimum atomic E-state index is -0.784. The lowest BCUT2D eigenvalue weighted by Gasteiger charge is -2.20. The minimum Gasteiger partial charge on any atom is -0.491 e. The molecule has 1 rings (SSSR count). The molecule has 23 heavy (non-hydrogen) atoms. The molecule has 0 fully saturated rings. The first-order valence-electron chi connectivity index (χ1n) is 8.47. The number of carboxylic acid groups (broad SMARTS) is 1. The zero-order valence-electron chi connectivity index (χ0n) is 14.5. The third kappa shape index (κ3) is 6.91. The second-order valence-corrected chi connectivity index (χ2v) is 6.03. The molecule has 0 aliphatic rings. The first-order chi connectivity index (χ1) is 11.0. The molecule has 0 saturated heterocycles. The highest BCUT2D eigenvalue weighted by atomic mass is 16.5. The molecule has 1 aromatic carbocycles. The van der Waals surface area contributed by atoms with Crippen LogP contribution in [0.25, 0.3) is 0 Å². The fourth-order valence-corrected chi connectivity index (χ4v) is 2.51. The molecule has 0 aromatic heterocycles. The van der Waals surface area contributed by atoms with E-state index >= 15 is 0 Å². The molecule has 1 aromatic rings. The number of nitrogens with two attached hydrogens (primary N) is 1. The Labute approximate surface area is 139 Å². The second kappa shape index (κ2) is 10.1. The van der Waals surface area contributed by atoms with Crippen molar-refractivity contribution < 1.29 is 14.6 Å². The van der Waals surface area contributed by atoms with Crippen LogP contribution in [0.2, 0.25) is 0 Å². The molecule has 2 atom stereocenters. The smallest absolute Gasteiger partial charge is 0.320 e. The van der Waals surface area contributed by atoms with Crippen molar-refractivity contribution in [2.24, 2.45) is 0 Å². The lowest BCUT2D eigenvalue weighted by Crippen LogP contribution is -2.42. The molecule has 4 N–H and O–H groups in total. The molecule has 0 bridgehead atoms. The summed E-state index contributed by atoms with van der Waals surface area (Å²) in [6.45, 7) is 6.77. The summed E-state index contributed by atoms with van der Waals surface area (Å²) in [5.41, 5.74) is 7.72. The van der Waals surface area contributed by atoms with Crippen LogP contribution in [0, 0.1) is 0 Å². The van der Waals surface area contributed by atoms with E-state index in [2.05, 4.69) is 19.2 Å². The van der Waals surface area contributed by atoms with Gasteiger partial charge in [-0.15, -0.1) is 0 Å². The number of carboxylic acids is 1. The maximum atomic E-state index is 11.3. The monoisotopic (exact) mass is 322 g/mol. The third-order valence-corrected chi connectivity index (χ3v) is 3.71. The third-order valence-electron chi connectivity index (χ3n) is 3.71. The van der Waals surface area contributed by atoms with Gasteiger partial charge in [0, 0.05) is 6.04 Å². The fraction of sp³-hybridized carbons (Fsp3) is 0.611. The maximum Gasteiger partial charge on any atom is 0.320 e. The highest BCUT2D eigenvalue weighted by molar-refractivity contribution is 5.73. The normalized spacial score (nSPS) is 13.5. The van der Waals surface area contributed by atoms with Crippen molar-refractivity contribution in [3.05, 3.63) is 23.8 Å². The summed E-state index contributed by atoms with van der Waals surface area (Å²) >= 11 is 0. The van der Waals surface area contributed by atoms with Gasteiger partial charge in [0.15, 0.2) is 0 Å². The van der Waals surface area contributed by atoms with Crippen molar-refractivity contribution in [3.8, 4) is 5.75 Å². The number of nitrogens with one attached hydrogen (secondary N) is 1. The summed E-state index contributed by atoms with van der Waals surface area (Å²) in [6.07, 6.45) is 4.23. The number of hydrogen-bond acceptors (Lipinski definition) is 4. The van der Waals surface area contributed by atoms with E-state index in [0.29, 0.717) is 24.5 Å². The van der Waals surface area contributed by atoms with Crippen LogP contribution in [0.5, 0.6) is 5.75 Å². The van der Waals surface area contributed by atoms with Crippen LogP contribution < -0.4 is 15.8 Å². The SMILES string of the molecule is CCCCC(NC(C)Cc1ccc(OCCC)c(N)c1)C(=O)O. The molecule has 130 valence electrons. The second-order valence-electron chi connectivity index (χ2n) is 6.03. The van der Waals surface area contributed by atoms with Gasteiger partial charge in [-0.25, -0.2) is 0 Å². The Kier molecular flexibility index (Phi) is 8.48. The average Bonchev–Trinajstić information content (AvgIpc) is 2.50. The van der Waals surface area contributed by atoms with Crippen LogP contribution in [-0.2, 0) is 11.2 Å². The van der Waals surface area contributed by atoms with Crippen LogP contribution in [0.1, 0.15) is 52.0 Å². The molecular weight excluding hydrogens is 292 g/mol. The topological polar surface area (TPSA) is 84.6 Å². The zero-order valence-corrected chi connectivity index (χ0v) is 14.5. The summed E-state index contributed by atoms with van der Waals surface area (Å²) in [5, 5.41) is 12.5. The van der Waals surface area contributed by atoms with E-state index in [-0.39, 0.29) is 6.04 Å². The van der Waals surface area contributed by atoms with E-state index in [9.17, 15) is 9.90 Å². The molecule has 0 heterocycles. The number of anilines is 1. The van der Waals surface area contributed by atoms with Crippen molar-refractivity contribution in [1.82, 2.24) is 5.32 Å². The number of benzene rings is 1. The number of unbranched alkanes of at least 4 members (excludes halogenated alkanes) is 1. The molecule has 0 radical (unpaired) electrons. The lowest BCUT2D eigenvalue weighted by atomic mass is 10.0. The van der Waals surface area contributed by atoms with Crippen molar-refractivity contribution in [3.63, 3.8) is 0 Å². The van der Waals surface area contributed by atoms with Gasteiger partial charge in [0.25, 0.3) is 0 Å². The van der Waals surface area contributed by atoms with E-state index in [1.807, 2.05) is 25.1 Å². The predicted molar refractivity (Wildman–Crippen MR) is 93.9 cm³/mol. The van der Waals surface area contributed by atoms with Gasteiger partial charge in [0.1, 0.15) is 11.8 Å². The Morgan fingerprint density at radius 1 is 1.35 bits per heavy atom. The highest BCUT2D eigenvalue weighted by Crippen LogP contribution is 2.23. The van der Waals surface area contributed by atoms with Gasteiger partial charge in [-0.2, -0.15) is 0 Å². The molecule has 0 spiro atoms. The van der Waals surface area contributed by atoms with Crippen molar-refractivity contribution in [2.75, 3.05) is 12.3 Å². The fourth-order valence-electron chi connectivity index (χ4n) is 2.51. The van der Waals surface area contributed by atoms with Gasteiger partial charge in [-0.05, 0) is 43.9 Å². The molecule has 0 amide bonds. The van der Waals surface area contributed by atoms with Crippen LogP contribution in [0.4, 0.5) is 5.69 Å². The van der Waals surface area contributed by atoms with Crippen LogP contribution in [0.3, 0.4) is 0 Å². The minimum absolute atomic E-state index is 0.0646. The number of nitrogen functional groups attached to an aromatic ring is 1. The van der Waals surface area contributed by atoms with E-state index < -0.39 is 12.0 Å². The first-order valence-corrected chi connectivity index (χ1v) is 8.47. The summed E-state index contributed by atoms with van der Waals surface area (Å²) in [7, 11) is 0. The Morgan fingerprint density at radius 3 is 2.65 bits per heavy atom. The number of carbonyl (C=O) groups is 1. The van der Waals surface area contributed by atoms with Gasteiger partial charge < -0.3 is 20.9 Å². The van der Waals surface area contributed by atoms with Crippen molar-refractivity contribution in [2.45, 2.75) is 65.0 Å². The molecule has 0 aliphatic carbocycles. The molecule has 0 aliphatic heterocycles. The summed E-state index contributed by atoms with van der Waals surface area (Å²) in [6, 6.07) is 5.36. The van der Waals surface area contributed by atoms with Crippen molar-refractivity contribution >= 4 is 11.7 Å². The molecule has 2 unspecified atom stereocenters. The Morgan fingerprint density at radius 2 is 2.09 bits per heavy atom. The zero-order chi connectivity index (χ0) is 17.2. The average molecular weight is 322 g/mol. The van der Waals surface area contributed by atoms with Gasteiger partial charge in [-0.3, -0.25) is 4.79 Å². The van der Waals surface area contributed by atoms with E-state index in [1.54, 1.807) is 0 Å². The Hall–Kier alpha value is -1.75. The van der Waals surface area contributed by atoms with Crippen LogP contribution in [0.15, 0.2) is 18.2 Å². The van der Waals surface area contributed by atoms with E-state index in [1.165, 1.54) is 0 Å². The lowest BCUT2D eigenvalue weighted by molar-refractivity contribution is -0.139. The standard InChI is InChI=1S/C18H30N2O3/c1-4-6-7-16(18(21)22)20-13(3)11-14-8-9-17(15(19)12-14)23-10-5-2/h8-9,12-13,16,20H,4-7,10-11,19H2,1-3H3,(H,21,22). The predicted octanol–water partition coefficient (Wildman–Crippen LogP) is 3.22. The maximum absolute atomic E-state index is 11.3. The van der Waals surface area contributed by atoms with Gasteiger partial charge in [0.05, 0.1) is 12.3 Å². The van der Waals surface area contributed by atoms with Gasteiger partial charge >= 0.3 is 5.97 Å². The number of hydrogen-bond donors (Lipinski definition) is 3. The molecular formula is C18H30N2O3. The Balaban J connectivity index is 2.60. The molecule has 5 nitrogen and oxygen atoms in total. The van der Waals surface area contributed by atoms with Crippen LogP contribution >= 0.6 is 0 Å². The van der Waals surface area contributed by atoms with Gasteiger partial charge in [0.2, 0.25) is 0 Å². The van der Waals surface area contributed by atoms with E-state index in [0.717, 1.165) is 31.2 Å². The summed E-state index contributed by atoms with van der Waals surface area (Å²) in [5.74, 6) is -0.0734. The van der Waals surface area contributed by atoms with E-state index in [4.69, 9.17) is 10.5 Å². The molecule has 5 heteroatoms. The van der Waals surface area contributed by atoms with Gasteiger partial charge in [-0.1, -0.05) is 32.8 Å². The van der Waals surface area contributed by atoms with Crippen LogP contribution in [-0.4, -0.2) is 29.8 Å². The first kappa shape index (κ1) is 19.3. The number of ether oxygens (including phenoxy) is 1. The quantitative estimate of drug-likeness (QED) is 0.545. The Bertz CT molecular complexity index is 491. The number of rotatable bonds is 11.